The van der Waals surface area contributed by atoms with Crippen LogP contribution in [-0.2, 0) is 24.3 Å². The van der Waals surface area contributed by atoms with Crippen molar-refractivity contribution in [1.29, 1.82) is 0 Å². The minimum Gasteiger partial charge on any atom is -0.469 e. The number of methoxy groups -OCH3 is 1. The average molecular weight is 313 g/mol. The second-order valence-corrected chi connectivity index (χ2v) is 6.50. The molecule has 0 N–H and O–H groups in total. The predicted octanol–water partition coefficient (Wildman–Crippen LogP) is 1.07. The van der Waals surface area contributed by atoms with Crippen LogP contribution in [0.2, 0.25) is 0 Å². The molecule has 1 aromatic rings. The Morgan fingerprint density at radius 1 is 1.38 bits per heavy atom. The number of rotatable bonds is 4. The molecule has 1 heterocycles. The Labute approximate surface area is 122 Å². The monoisotopic (exact) mass is 313 g/mol. The van der Waals surface area contributed by atoms with Gasteiger partial charge in [-0.25, -0.2) is 13.2 Å². The topological polar surface area (TPSA) is 90.0 Å². The van der Waals surface area contributed by atoms with Crippen LogP contribution in [0.1, 0.15) is 12.0 Å². The first-order valence-electron chi connectivity index (χ1n) is 6.21. The first-order valence-corrected chi connectivity index (χ1v) is 7.65. The van der Waals surface area contributed by atoms with Gasteiger partial charge in [0.05, 0.1) is 25.0 Å². The summed E-state index contributed by atoms with van der Waals surface area (Å²) in [4.78, 5) is 22.9. The van der Waals surface area contributed by atoms with Crippen molar-refractivity contribution in [3.8, 4) is 0 Å². The van der Waals surface area contributed by atoms with E-state index in [2.05, 4.69) is 4.74 Å². The van der Waals surface area contributed by atoms with Crippen LogP contribution in [0.5, 0.6) is 0 Å². The van der Waals surface area contributed by atoms with E-state index < -0.39 is 28.2 Å². The summed E-state index contributed by atoms with van der Waals surface area (Å²) in [6.07, 6.45) is -1.99. The molecule has 1 unspecified atom stereocenters. The summed E-state index contributed by atoms with van der Waals surface area (Å²) in [6, 6.07) is 6.12. The minimum absolute atomic E-state index is 0.00349. The molecule has 0 spiro atoms. The lowest BCUT2D eigenvalue weighted by molar-refractivity contribution is -0.142. The third-order valence-corrected chi connectivity index (χ3v) is 4.82. The third-order valence-electron chi connectivity index (χ3n) is 3.07. The van der Waals surface area contributed by atoms with Crippen molar-refractivity contribution in [2.75, 3.05) is 13.7 Å². The predicted molar refractivity (Wildman–Crippen MR) is 72.0 cm³/mol. The van der Waals surface area contributed by atoms with Gasteiger partial charge in [-0.05, 0) is 19.1 Å². The van der Waals surface area contributed by atoms with Gasteiger partial charge in [-0.15, -0.1) is 0 Å². The fraction of sp³-hybridized carbons (Fsp3) is 0.385. The molecule has 0 saturated carbocycles. The lowest BCUT2D eigenvalue weighted by atomic mass is 10.2. The second-order valence-electron chi connectivity index (χ2n) is 4.64. The number of hydrogen-bond donors (Lipinski definition) is 0. The molecule has 1 aromatic carbocycles. The number of carbonyl (C=O) groups excluding carboxylic acids is 2. The second kappa shape index (κ2) is 5.72. The highest BCUT2D eigenvalue weighted by molar-refractivity contribution is 7.89. The van der Waals surface area contributed by atoms with Crippen LogP contribution < -0.4 is 0 Å². The summed E-state index contributed by atoms with van der Waals surface area (Å²) in [5.74, 6) is -0.567. The van der Waals surface area contributed by atoms with Crippen molar-refractivity contribution in [2.45, 2.75) is 24.3 Å². The Morgan fingerprint density at radius 2 is 2.00 bits per heavy atom. The van der Waals surface area contributed by atoms with Gasteiger partial charge in [0.1, 0.15) is 6.10 Å². The van der Waals surface area contributed by atoms with Gasteiger partial charge in [-0.1, -0.05) is 17.7 Å². The molecule has 114 valence electrons. The van der Waals surface area contributed by atoms with Crippen molar-refractivity contribution < 1.29 is 27.5 Å². The highest BCUT2D eigenvalue weighted by atomic mass is 32.2. The summed E-state index contributed by atoms with van der Waals surface area (Å²) in [5, 5.41) is 0. The van der Waals surface area contributed by atoms with Crippen molar-refractivity contribution in [3.05, 3.63) is 29.8 Å². The molecule has 8 heteroatoms. The molecule has 1 amide bonds. The Hall–Kier alpha value is -2.09. The van der Waals surface area contributed by atoms with Gasteiger partial charge in [-0.3, -0.25) is 4.79 Å². The van der Waals surface area contributed by atoms with E-state index in [4.69, 9.17) is 4.74 Å². The van der Waals surface area contributed by atoms with Crippen LogP contribution in [0.25, 0.3) is 0 Å². The third kappa shape index (κ3) is 3.15. The lowest BCUT2D eigenvalue weighted by Gasteiger charge is -2.13. The van der Waals surface area contributed by atoms with Crippen LogP contribution >= 0.6 is 0 Å². The highest BCUT2D eigenvalue weighted by Gasteiger charge is 2.41. The normalized spacial score (nSPS) is 18.5. The summed E-state index contributed by atoms with van der Waals surface area (Å²) < 4.78 is 34.7. The molecule has 1 saturated heterocycles. The van der Waals surface area contributed by atoms with Crippen LogP contribution in [0.4, 0.5) is 4.79 Å². The number of hydrogen-bond acceptors (Lipinski definition) is 6. The molecule has 2 rings (SSSR count). The maximum Gasteiger partial charge on any atom is 0.424 e. The Morgan fingerprint density at radius 3 is 2.57 bits per heavy atom. The van der Waals surface area contributed by atoms with E-state index in [1.807, 2.05) is 6.92 Å². The molecule has 1 aliphatic rings. The van der Waals surface area contributed by atoms with Crippen molar-refractivity contribution in [3.63, 3.8) is 0 Å². The molecule has 7 nitrogen and oxygen atoms in total. The zero-order valence-corrected chi connectivity index (χ0v) is 12.4. The summed E-state index contributed by atoms with van der Waals surface area (Å²) in [6.45, 7) is 1.62. The number of nitrogens with zero attached hydrogens (tertiary/aromatic N) is 1. The maximum atomic E-state index is 12.4. The van der Waals surface area contributed by atoms with E-state index >= 15 is 0 Å². The SMILES string of the molecule is COC(=O)CC1CN(S(=O)(=O)c2ccc(C)cc2)C(=O)O1. The summed E-state index contributed by atoms with van der Waals surface area (Å²) in [5.41, 5.74) is 0.904. The maximum absolute atomic E-state index is 12.4. The Bertz CT molecular complexity index is 652. The van der Waals surface area contributed by atoms with E-state index in [9.17, 15) is 18.0 Å². The lowest BCUT2D eigenvalue weighted by Crippen LogP contribution is -2.32. The fourth-order valence-corrected chi connectivity index (χ4v) is 3.24. The zero-order valence-electron chi connectivity index (χ0n) is 11.6. The first-order chi connectivity index (χ1) is 9.84. The molecule has 21 heavy (non-hydrogen) atoms. The Balaban J connectivity index is 2.19. The van der Waals surface area contributed by atoms with Crippen molar-refractivity contribution in [2.24, 2.45) is 0 Å². The number of amides is 1. The molecule has 0 aliphatic carbocycles. The molecule has 0 aromatic heterocycles. The van der Waals surface area contributed by atoms with Crippen LogP contribution in [0.3, 0.4) is 0 Å². The number of sulfonamides is 1. The van der Waals surface area contributed by atoms with E-state index in [0.29, 0.717) is 4.31 Å². The number of ether oxygens (including phenoxy) is 2. The van der Waals surface area contributed by atoms with Gasteiger partial charge in [0.15, 0.2) is 0 Å². The van der Waals surface area contributed by atoms with Gasteiger partial charge in [0, 0.05) is 0 Å². The highest BCUT2D eigenvalue weighted by Crippen LogP contribution is 2.23. The smallest absolute Gasteiger partial charge is 0.424 e. The number of esters is 1. The van der Waals surface area contributed by atoms with Gasteiger partial charge in [-0.2, -0.15) is 4.31 Å². The molecule has 1 aliphatic heterocycles. The van der Waals surface area contributed by atoms with E-state index in [1.54, 1.807) is 12.1 Å². The average Bonchev–Trinajstić information content (AvgIpc) is 2.80. The van der Waals surface area contributed by atoms with Gasteiger partial charge in [0.2, 0.25) is 0 Å². The quantitative estimate of drug-likeness (QED) is 0.772. The van der Waals surface area contributed by atoms with Gasteiger partial charge in [0.25, 0.3) is 10.0 Å². The van der Waals surface area contributed by atoms with Crippen LogP contribution in [0, 0.1) is 6.92 Å². The van der Waals surface area contributed by atoms with Crippen molar-refractivity contribution in [1.82, 2.24) is 4.31 Å². The fourth-order valence-electron chi connectivity index (χ4n) is 1.91. The van der Waals surface area contributed by atoms with Crippen LogP contribution in [0.15, 0.2) is 29.2 Å². The number of aryl methyl sites for hydroxylation is 1. The molecule has 1 atom stereocenters. The minimum atomic E-state index is -3.97. The molecule has 0 bridgehead atoms. The number of benzene rings is 1. The molecule has 1 fully saturated rings. The zero-order chi connectivity index (χ0) is 15.6. The van der Waals surface area contributed by atoms with E-state index in [0.717, 1.165) is 5.56 Å². The van der Waals surface area contributed by atoms with E-state index in [1.165, 1.54) is 19.2 Å². The van der Waals surface area contributed by atoms with Crippen molar-refractivity contribution >= 4 is 22.1 Å². The summed E-state index contributed by atoms with van der Waals surface area (Å²) in [7, 11) is -2.77. The molecule has 0 radical (unpaired) electrons. The summed E-state index contributed by atoms with van der Waals surface area (Å²) >= 11 is 0. The molecular formula is C13H15NO6S. The van der Waals surface area contributed by atoms with Gasteiger partial charge >= 0.3 is 12.1 Å². The standard InChI is InChI=1S/C13H15NO6S/c1-9-3-5-11(6-4-9)21(17,18)14-8-10(20-13(14)16)7-12(15)19-2/h3-6,10H,7-8H2,1-2H3. The van der Waals surface area contributed by atoms with Gasteiger partial charge < -0.3 is 9.47 Å². The first kappa shape index (κ1) is 15.3. The number of cyclic esters (lactones) is 1. The molecular weight excluding hydrogens is 298 g/mol. The van der Waals surface area contributed by atoms with E-state index in [-0.39, 0.29) is 17.9 Å². The number of carbonyl (C=O) groups is 2. The largest absolute Gasteiger partial charge is 0.469 e. The Kier molecular flexibility index (Phi) is 4.17. The van der Waals surface area contributed by atoms with Crippen LogP contribution in [-0.4, -0.2) is 44.5 Å².